The average Bonchev–Trinajstić information content (AvgIpc) is 2.82. The molecule has 3 rings (SSSR count). The normalized spacial score (nSPS) is 25.1. The van der Waals surface area contributed by atoms with Crippen molar-refractivity contribution in [3.8, 4) is 0 Å². The van der Waals surface area contributed by atoms with E-state index in [0.717, 1.165) is 44.2 Å². The summed E-state index contributed by atoms with van der Waals surface area (Å²) in [6, 6.07) is 10.2. The number of carbonyl (C=O) groups is 2. The van der Waals surface area contributed by atoms with Crippen molar-refractivity contribution < 1.29 is 9.59 Å². The molecule has 2 unspecified atom stereocenters. The van der Waals surface area contributed by atoms with Gasteiger partial charge in [0.15, 0.2) is 0 Å². The maximum absolute atomic E-state index is 13.1. The summed E-state index contributed by atoms with van der Waals surface area (Å²) in [4.78, 5) is 28.6. The van der Waals surface area contributed by atoms with Gasteiger partial charge in [-0.1, -0.05) is 50.6 Å². The predicted octanol–water partition coefficient (Wildman–Crippen LogP) is 4.31. The fourth-order valence-electron chi connectivity index (χ4n) is 5.30. The quantitative estimate of drug-likeness (QED) is 0.532. The molecule has 2 atom stereocenters. The van der Waals surface area contributed by atoms with E-state index in [4.69, 9.17) is 0 Å². The van der Waals surface area contributed by atoms with Crippen LogP contribution < -0.4 is 10.6 Å². The molecule has 1 aliphatic carbocycles. The minimum Gasteiger partial charge on any atom is -0.354 e. The monoisotopic (exact) mass is 441 g/mol. The highest BCUT2D eigenvalue weighted by Gasteiger charge is 2.28. The van der Waals surface area contributed by atoms with Crippen molar-refractivity contribution in [1.29, 1.82) is 0 Å². The Balaban J connectivity index is 1.51. The van der Waals surface area contributed by atoms with Crippen LogP contribution in [0.3, 0.4) is 0 Å². The van der Waals surface area contributed by atoms with Crippen molar-refractivity contribution >= 4 is 11.8 Å². The van der Waals surface area contributed by atoms with Crippen molar-refractivity contribution in [1.82, 2.24) is 15.5 Å². The standard InChI is InChI=1S/C27H43N3O2/c1-3-24-12-7-8-18-30(24)19-9-17-28-27(32)25(20-22-10-5-4-6-11-22)29-26(31)23-15-13-21(2)14-16-23/h4-6,10-11,21,23-25H,3,7-9,12-20H2,1-2H3,(H,28,32)(H,29,31). The molecule has 32 heavy (non-hydrogen) atoms. The largest absolute Gasteiger partial charge is 0.354 e. The lowest BCUT2D eigenvalue weighted by atomic mass is 9.82. The molecule has 0 radical (unpaired) electrons. The SMILES string of the molecule is CCC1CCCCN1CCCNC(=O)C(Cc1ccccc1)NC(=O)C1CCC(C)CC1. The van der Waals surface area contributed by atoms with Gasteiger partial charge in [0.05, 0.1) is 0 Å². The van der Waals surface area contributed by atoms with Gasteiger partial charge in [0.2, 0.25) is 11.8 Å². The summed E-state index contributed by atoms with van der Waals surface area (Å²) in [5.41, 5.74) is 1.07. The summed E-state index contributed by atoms with van der Waals surface area (Å²) in [7, 11) is 0. The van der Waals surface area contributed by atoms with Crippen molar-refractivity contribution in [2.75, 3.05) is 19.6 Å². The second-order valence-corrected chi connectivity index (χ2v) is 9.95. The summed E-state index contributed by atoms with van der Waals surface area (Å²) >= 11 is 0. The number of nitrogens with zero attached hydrogens (tertiary/aromatic N) is 1. The van der Waals surface area contributed by atoms with Gasteiger partial charge in [0, 0.05) is 31.5 Å². The molecule has 1 aromatic rings. The van der Waals surface area contributed by atoms with Crippen LogP contribution in [-0.4, -0.2) is 48.4 Å². The number of rotatable bonds is 10. The Bertz CT molecular complexity index is 700. The Morgan fingerprint density at radius 1 is 1.06 bits per heavy atom. The first-order valence-electron chi connectivity index (χ1n) is 12.9. The lowest BCUT2D eigenvalue weighted by Crippen LogP contribution is -2.50. The van der Waals surface area contributed by atoms with Crippen LogP contribution in [0, 0.1) is 11.8 Å². The van der Waals surface area contributed by atoms with Crippen molar-refractivity contribution in [3.63, 3.8) is 0 Å². The fraction of sp³-hybridized carbons (Fsp3) is 0.704. The van der Waals surface area contributed by atoms with Gasteiger partial charge in [-0.3, -0.25) is 9.59 Å². The number of hydrogen-bond acceptors (Lipinski definition) is 3. The molecule has 0 bridgehead atoms. The van der Waals surface area contributed by atoms with Gasteiger partial charge < -0.3 is 15.5 Å². The zero-order valence-corrected chi connectivity index (χ0v) is 20.2. The number of likely N-dealkylation sites (tertiary alicyclic amines) is 1. The molecular formula is C27H43N3O2. The van der Waals surface area contributed by atoms with Crippen molar-refractivity contribution in [2.45, 2.75) is 90.1 Å². The number of carbonyl (C=O) groups excluding carboxylic acids is 2. The minimum atomic E-state index is -0.511. The van der Waals surface area contributed by atoms with Crippen molar-refractivity contribution in [2.24, 2.45) is 11.8 Å². The van der Waals surface area contributed by atoms with Gasteiger partial charge >= 0.3 is 0 Å². The molecule has 178 valence electrons. The maximum Gasteiger partial charge on any atom is 0.242 e. The van der Waals surface area contributed by atoms with Crippen LogP contribution in [0.2, 0.25) is 0 Å². The van der Waals surface area contributed by atoms with Crippen LogP contribution in [0.25, 0.3) is 0 Å². The molecule has 1 saturated carbocycles. The van der Waals surface area contributed by atoms with Gasteiger partial charge in [0.25, 0.3) is 0 Å². The Kier molecular flexibility index (Phi) is 10.0. The molecule has 5 heteroatoms. The molecular weight excluding hydrogens is 398 g/mol. The summed E-state index contributed by atoms with van der Waals surface area (Å²) in [6.07, 6.45) is 10.7. The lowest BCUT2D eigenvalue weighted by Gasteiger charge is -2.35. The fourth-order valence-corrected chi connectivity index (χ4v) is 5.30. The molecule has 2 aliphatic rings. The Labute approximate surface area is 194 Å². The van der Waals surface area contributed by atoms with E-state index in [1.807, 2.05) is 30.3 Å². The van der Waals surface area contributed by atoms with Gasteiger partial charge in [-0.15, -0.1) is 0 Å². The van der Waals surface area contributed by atoms with Crippen LogP contribution in [0.4, 0.5) is 0 Å². The number of piperidine rings is 1. The predicted molar refractivity (Wildman–Crippen MR) is 130 cm³/mol. The second kappa shape index (κ2) is 13.0. The maximum atomic E-state index is 13.1. The topological polar surface area (TPSA) is 61.4 Å². The van der Waals surface area contributed by atoms with Gasteiger partial charge in [-0.25, -0.2) is 0 Å². The molecule has 1 aromatic carbocycles. The van der Waals surface area contributed by atoms with Crippen LogP contribution in [0.1, 0.15) is 77.2 Å². The number of hydrogen-bond donors (Lipinski definition) is 2. The van der Waals surface area contributed by atoms with E-state index in [9.17, 15) is 9.59 Å². The van der Waals surface area contributed by atoms with Gasteiger partial charge in [0.1, 0.15) is 6.04 Å². The van der Waals surface area contributed by atoms with E-state index in [0.29, 0.717) is 24.9 Å². The van der Waals surface area contributed by atoms with E-state index in [2.05, 4.69) is 29.4 Å². The van der Waals surface area contributed by atoms with Crippen LogP contribution in [0.15, 0.2) is 30.3 Å². The molecule has 2 amide bonds. The van der Waals surface area contributed by atoms with Gasteiger partial charge in [-0.05, 0) is 69.4 Å². The van der Waals surface area contributed by atoms with Crippen LogP contribution >= 0.6 is 0 Å². The third kappa shape index (κ3) is 7.61. The molecule has 1 saturated heterocycles. The van der Waals surface area contributed by atoms with E-state index in [-0.39, 0.29) is 17.7 Å². The Hall–Kier alpha value is -1.88. The first-order chi connectivity index (χ1) is 15.6. The average molecular weight is 442 g/mol. The van der Waals surface area contributed by atoms with E-state index in [1.54, 1.807) is 0 Å². The third-order valence-electron chi connectivity index (χ3n) is 7.44. The highest BCUT2D eigenvalue weighted by molar-refractivity contribution is 5.88. The smallest absolute Gasteiger partial charge is 0.242 e. The molecule has 2 fully saturated rings. The first kappa shape index (κ1) is 24.8. The zero-order chi connectivity index (χ0) is 22.8. The van der Waals surface area contributed by atoms with Gasteiger partial charge in [-0.2, -0.15) is 0 Å². The highest BCUT2D eigenvalue weighted by atomic mass is 16.2. The summed E-state index contributed by atoms with van der Waals surface area (Å²) in [6.45, 7) is 7.41. The highest BCUT2D eigenvalue weighted by Crippen LogP contribution is 2.28. The number of nitrogens with one attached hydrogen (secondary N) is 2. The van der Waals surface area contributed by atoms with E-state index < -0.39 is 6.04 Å². The van der Waals surface area contributed by atoms with E-state index >= 15 is 0 Å². The molecule has 5 nitrogen and oxygen atoms in total. The number of benzene rings is 1. The molecule has 0 aromatic heterocycles. The summed E-state index contributed by atoms with van der Waals surface area (Å²) < 4.78 is 0. The lowest BCUT2D eigenvalue weighted by molar-refractivity contribution is -0.131. The third-order valence-corrected chi connectivity index (χ3v) is 7.44. The Morgan fingerprint density at radius 2 is 1.81 bits per heavy atom. The first-order valence-corrected chi connectivity index (χ1v) is 12.9. The summed E-state index contributed by atoms with van der Waals surface area (Å²) in [5.74, 6) is 0.737. The minimum absolute atomic E-state index is 0.0438. The van der Waals surface area contributed by atoms with Crippen LogP contribution in [0.5, 0.6) is 0 Å². The van der Waals surface area contributed by atoms with E-state index in [1.165, 1.54) is 32.2 Å². The van der Waals surface area contributed by atoms with Crippen molar-refractivity contribution in [3.05, 3.63) is 35.9 Å². The number of amides is 2. The van der Waals surface area contributed by atoms with Crippen LogP contribution in [-0.2, 0) is 16.0 Å². The molecule has 1 aliphatic heterocycles. The Morgan fingerprint density at radius 3 is 2.53 bits per heavy atom. The molecule has 1 heterocycles. The second-order valence-electron chi connectivity index (χ2n) is 9.95. The molecule has 0 spiro atoms. The summed E-state index contributed by atoms with van der Waals surface area (Å²) in [5, 5.41) is 6.21. The molecule has 2 N–H and O–H groups in total. The zero-order valence-electron chi connectivity index (χ0n) is 20.2.